The van der Waals surface area contributed by atoms with Gasteiger partial charge in [-0.05, 0) is 19.4 Å². The zero-order chi connectivity index (χ0) is 12.0. The van der Waals surface area contributed by atoms with E-state index >= 15 is 0 Å². The van der Waals surface area contributed by atoms with Gasteiger partial charge in [0.2, 0.25) is 0 Å². The zero-order valence-corrected chi connectivity index (χ0v) is 9.97. The van der Waals surface area contributed by atoms with Crippen molar-refractivity contribution in [1.82, 2.24) is 4.57 Å². The normalized spacial score (nSPS) is 11.7. The average Bonchev–Trinajstić information content (AvgIpc) is 2.09. The Morgan fingerprint density at radius 2 is 1.73 bits per heavy atom. The summed E-state index contributed by atoms with van der Waals surface area (Å²) in [6, 6.07) is 0. The van der Waals surface area contributed by atoms with Gasteiger partial charge in [0.05, 0.1) is 5.69 Å². The molecule has 0 aromatic carbocycles. The zero-order valence-electron chi connectivity index (χ0n) is 9.16. The summed E-state index contributed by atoms with van der Waals surface area (Å²) >= 11 is 0. The summed E-state index contributed by atoms with van der Waals surface area (Å²) in [5.74, 6) is 0. The molecule has 2 N–H and O–H groups in total. The third-order valence-electron chi connectivity index (χ3n) is 2.56. The van der Waals surface area contributed by atoms with Crippen molar-refractivity contribution >= 4 is 15.5 Å². The van der Waals surface area contributed by atoms with Crippen molar-refractivity contribution in [1.29, 1.82) is 0 Å². The fourth-order valence-electron chi connectivity index (χ4n) is 1.39. The molecule has 0 radical (unpaired) electrons. The Kier molecular flexibility index (Phi) is 2.65. The number of nitrogens with zero attached hydrogens (tertiary/aromatic N) is 1. The van der Waals surface area contributed by atoms with Crippen molar-refractivity contribution in [2.75, 3.05) is 12.0 Å². The molecule has 1 aromatic heterocycles. The number of rotatable bonds is 1. The number of hydrogen-bond acceptors (Lipinski definition) is 4. The molecule has 15 heavy (non-hydrogen) atoms. The maximum Gasteiger partial charge on any atom is 0.271 e. The van der Waals surface area contributed by atoms with Crippen LogP contribution in [0.15, 0.2) is 9.69 Å². The van der Waals surface area contributed by atoms with E-state index in [0.717, 1.165) is 6.26 Å². The summed E-state index contributed by atoms with van der Waals surface area (Å²) < 4.78 is 24.1. The first kappa shape index (κ1) is 11.8. The molecule has 0 aliphatic heterocycles. The molecule has 1 heterocycles. The first-order valence-corrected chi connectivity index (χ1v) is 6.22. The van der Waals surface area contributed by atoms with Crippen molar-refractivity contribution in [3.63, 3.8) is 0 Å². The minimum Gasteiger partial charge on any atom is -0.397 e. The number of hydrogen-bond donors (Lipinski definition) is 1. The SMILES string of the molecule is Cc1c(N)c(S(C)(=O)=O)c(=O)n(C)c1C. The number of anilines is 1. The van der Waals surface area contributed by atoms with E-state index in [1.807, 2.05) is 0 Å². The molecule has 1 rings (SSSR count). The van der Waals surface area contributed by atoms with Gasteiger partial charge in [-0.3, -0.25) is 4.79 Å². The first-order valence-electron chi connectivity index (χ1n) is 4.33. The third-order valence-corrected chi connectivity index (χ3v) is 3.70. The molecule has 0 aliphatic rings. The number of nitrogens with two attached hydrogens (primary N) is 1. The quantitative estimate of drug-likeness (QED) is 0.735. The van der Waals surface area contributed by atoms with Crippen LogP contribution in [0.3, 0.4) is 0 Å². The second kappa shape index (κ2) is 3.37. The number of aromatic nitrogens is 1. The Bertz CT molecular complexity index is 570. The van der Waals surface area contributed by atoms with Crippen LogP contribution in [-0.4, -0.2) is 19.2 Å². The highest BCUT2D eigenvalue weighted by molar-refractivity contribution is 7.90. The van der Waals surface area contributed by atoms with E-state index < -0.39 is 15.4 Å². The lowest BCUT2D eigenvalue weighted by Gasteiger charge is -2.13. The number of pyridine rings is 1. The topological polar surface area (TPSA) is 82.2 Å². The van der Waals surface area contributed by atoms with Crippen molar-refractivity contribution in [3.8, 4) is 0 Å². The number of nitrogen functional groups attached to an aromatic ring is 1. The first-order chi connectivity index (χ1) is 6.68. The van der Waals surface area contributed by atoms with E-state index in [1.165, 1.54) is 11.6 Å². The van der Waals surface area contributed by atoms with E-state index in [-0.39, 0.29) is 10.6 Å². The van der Waals surface area contributed by atoms with Crippen LogP contribution in [0.25, 0.3) is 0 Å². The van der Waals surface area contributed by atoms with Crippen molar-refractivity contribution < 1.29 is 8.42 Å². The lowest BCUT2D eigenvalue weighted by molar-refractivity contribution is 0.599. The van der Waals surface area contributed by atoms with E-state index in [9.17, 15) is 13.2 Å². The Labute approximate surface area is 88.4 Å². The fraction of sp³-hybridized carbons (Fsp3) is 0.444. The standard InChI is InChI=1S/C9H14N2O3S/c1-5-6(2)11(3)9(12)8(7(5)10)15(4,13)14/h10H2,1-4H3. The molecule has 0 saturated heterocycles. The molecule has 0 amide bonds. The van der Waals surface area contributed by atoms with Gasteiger partial charge in [-0.1, -0.05) is 0 Å². The van der Waals surface area contributed by atoms with Crippen LogP contribution >= 0.6 is 0 Å². The largest absolute Gasteiger partial charge is 0.397 e. The maximum atomic E-state index is 11.7. The van der Waals surface area contributed by atoms with Gasteiger partial charge in [-0.25, -0.2) is 8.42 Å². The van der Waals surface area contributed by atoms with Crippen molar-refractivity contribution in [2.24, 2.45) is 7.05 Å². The highest BCUT2D eigenvalue weighted by atomic mass is 32.2. The van der Waals surface area contributed by atoms with Crippen LogP contribution in [0.5, 0.6) is 0 Å². The molecule has 0 aliphatic carbocycles. The van der Waals surface area contributed by atoms with Gasteiger partial charge < -0.3 is 10.3 Å². The second-order valence-electron chi connectivity index (χ2n) is 3.59. The lowest BCUT2D eigenvalue weighted by atomic mass is 10.2. The highest BCUT2D eigenvalue weighted by Crippen LogP contribution is 2.20. The Balaban J connectivity index is 3.94. The summed E-state index contributed by atoms with van der Waals surface area (Å²) in [5.41, 5.74) is 6.42. The monoisotopic (exact) mass is 230 g/mol. The predicted molar refractivity (Wildman–Crippen MR) is 58.7 cm³/mol. The lowest BCUT2D eigenvalue weighted by Crippen LogP contribution is -2.28. The molecule has 0 unspecified atom stereocenters. The van der Waals surface area contributed by atoms with Gasteiger partial charge in [0, 0.05) is 19.0 Å². The maximum absolute atomic E-state index is 11.7. The van der Waals surface area contributed by atoms with Crippen LogP contribution in [0, 0.1) is 13.8 Å². The summed E-state index contributed by atoms with van der Waals surface area (Å²) in [4.78, 5) is 11.4. The molecule has 6 heteroatoms. The molecule has 0 bridgehead atoms. The number of sulfone groups is 1. The highest BCUT2D eigenvalue weighted by Gasteiger charge is 2.21. The van der Waals surface area contributed by atoms with Gasteiger partial charge in [-0.15, -0.1) is 0 Å². The van der Waals surface area contributed by atoms with Crippen LogP contribution < -0.4 is 11.3 Å². The summed E-state index contributed by atoms with van der Waals surface area (Å²) in [6.07, 6.45) is 0.981. The average molecular weight is 230 g/mol. The smallest absolute Gasteiger partial charge is 0.271 e. The van der Waals surface area contributed by atoms with Gasteiger partial charge in [0.15, 0.2) is 14.7 Å². The van der Waals surface area contributed by atoms with Gasteiger partial charge >= 0.3 is 0 Å². The molecule has 0 fully saturated rings. The molecule has 1 aromatic rings. The predicted octanol–water partition coefficient (Wildman–Crippen LogP) is -0.0122. The van der Waals surface area contributed by atoms with Crippen molar-refractivity contribution in [3.05, 3.63) is 21.6 Å². The van der Waals surface area contributed by atoms with Gasteiger partial charge in [0.25, 0.3) is 5.56 Å². The van der Waals surface area contributed by atoms with Crippen LogP contribution in [0.2, 0.25) is 0 Å². The third kappa shape index (κ3) is 1.77. The summed E-state index contributed by atoms with van der Waals surface area (Å²) in [6.45, 7) is 3.41. The van der Waals surface area contributed by atoms with Crippen LogP contribution in [-0.2, 0) is 16.9 Å². The summed E-state index contributed by atoms with van der Waals surface area (Å²) in [5, 5.41) is 0. The molecular weight excluding hydrogens is 216 g/mol. The summed E-state index contributed by atoms with van der Waals surface area (Å²) in [7, 11) is -2.06. The molecule has 5 nitrogen and oxygen atoms in total. The Morgan fingerprint density at radius 1 is 1.27 bits per heavy atom. The molecule has 0 atom stereocenters. The minimum atomic E-state index is -3.58. The van der Waals surface area contributed by atoms with Gasteiger partial charge in [0.1, 0.15) is 0 Å². The molecule has 0 spiro atoms. The van der Waals surface area contributed by atoms with E-state index in [1.54, 1.807) is 13.8 Å². The van der Waals surface area contributed by atoms with Crippen LogP contribution in [0.1, 0.15) is 11.3 Å². The van der Waals surface area contributed by atoms with E-state index in [2.05, 4.69) is 0 Å². The molecular formula is C9H14N2O3S. The van der Waals surface area contributed by atoms with Crippen LogP contribution in [0.4, 0.5) is 5.69 Å². The van der Waals surface area contributed by atoms with Gasteiger partial charge in [-0.2, -0.15) is 0 Å². The molecule has 0 saturated carbocycles. The Morgan fingerprint density at radius 3 is 2.13 bits per heavy atom. The van der Waals surface area contributed by atoms with E-state index in [4.69, 9.17) is 5.73 Å². The Hall–Kier alpha value is -1.30. The van der Waals surface area contributed by atoms with E-state index in [0.29, 0.717) is 11.3 Å². The minimum absolute atomic E-state index is 0.0538. The fourth-order valence-corrected chi connectivity index (χ4v) is 2.40. The molecule has 84 valence electrons. The van der Waals surface area contributed by atoms with Crippen molar-refractivity contribution in [2.45, 2.75) is 18.7 Å². The second-order valence-corrected chi connectivity index (χ2v) is 5.54.